The van der Waals surface area contributed by atoms with Crippen molar-refractivity contribution in [3.63, 3.8) is 0 Å². The van der Waals surface area contributed by atoms with Crippen LogP contribution >= 0.6 is 11.6 Å². The summed E-state index contributed by atoms with van der Waals surface area (Å²) in [6, 6.07) is 2.73. The van der Waals surface area contributed by atoms with E-state index in [9.17, 15) is 18.4 Å². The van der Waals surface area contributed by atoms with Gasteiger partial charge in [-0.2, -0.15) is 5.10 Å². The van der Waals surface area contributed by atoms with Crippen molar-refractivity contribution in [3.8, 4) is 0 Å². The van der Waals surface area contributed by atoms with Crippen molar-refractivity contribution < 1.29 is 13.6 Å². The Labute approximate surface area is 151 Å². The van der Waals surface area contributed by atoms with Crippen LogP contribution in [0.1, 0.15) is 25.0 Å². The number of amides is 1. The lowest BCUT2D eigenvalue weighted by molar-refractivity contribution is -0.117. The SMILES string of the molecule is O=C(Cn1nc(C2=CCC(F)(F)CC2)ccc1=O)Nc1cnc(Cl)nc1. The second kappa shape index (κ2) is 7.28. The van der Waals surface area contributed by atoms with Crippen LogP contribution in [0.3, 0.4) is 0 Å². The molecule has 136 valence electrons. The van der Waals surface area contributed by atoms with Gasteiger partial charge in [0.1, 0.15) is 6.54 Å². The first-order chi connectivity index (χ1) is 12.3. The molecule has 0 radical (unpaired) electrons. The number of halogens is 3. The van der Waals surface area contributed by atoms with Gasteiger partial charge in [0.2, 0.25) is 11.2 Å². The van der Waals surface area contributed by atoms with E-state index < -0.39 is 17.4 Å². The maximum Gasteiger partial charge on any atom is 0.267 e. The van der Waals surface area contributed by atoms with Crippen LogP contribution in [0.5, 0.6) is 0 Å². The van der Waals surface area contributed by atoms with Crippen LogP contribution in [0.2, 0.25) is 5.28 Å². The summed E-state index contributed by atoms with van der Waals surface area (Å²) in [5.74, 6) is -3.22. The van der Waals surface area contributed by atoms with E-state index in [2.05, 4.69) is 20.4 Å². The van der Waals surface area contributed by atoms with Crippen molar-refractivity contribution in [1.82, 2.24) is 19.7 Å². The highest BCUT2D eigenvalue weighted by atomic mass is 35.5. The van der Waals surface area contributed by atoms with E-state index in [1.54, 1.807) is 0 Å². The largest absolute Gasteiger partial charge is 0.322 e. The Hall–Kier alpha value is -2.68. The number of rotatable bonds is 4. The average molecular weight is 382 g/mol. The van der Waals surface area contributed by atoms with Gasteiger partial charge in [-0.25, -0.2) is 23.4 Å². The first-order valence-corrected chi connectivity index (χ1v) is 8.13. The van der Waals surface area contributed by atoms with E-state index in [0.29, 0.717) is 17.0 Å². The molecule has 1 N–H and O–H groups in total. The van der Waals surface area contributed by atoms with E-state index in [4.69, 9.17) is 11.6 Å². The minimum Gasteiger partial charge on any atom is -0.322 e. The Morgan fingerprint density at radius 1 is 1.31 bits per heavy atom. The molecule has 0 saturated heterocycles. The van der Waals surface area contributed by atoms with E-state index in [1.807, 2.05) is 0 Å². The molecule has 0 unspecified atom stereocenters. The molecule has 0 spiro atoms. The molecule has 0 fully saturated rings. The maximum absolute atomic E-state index is 13.2. The van der Waals surface area contributed by atoms with Gasteiger partial charge in [0.15, 0.2) is 0 Å². The van der Waals surface area contributed by atoms with Crippen molar-refractivity contribution in [1.29, 1.82) is 0 Å². The summed E-state index contributed by atoms with van der Waals surface area (Å²) in [6.45, 7) is -0.335. The highest BCUT2D eigenvalue weighted by Crippen LogP contribution is 2.35. The number of aromatic nitrogens is 4. The molecule has 0 aromatic carbocycles. The molecule has 10 heteroatoms. The molecule has 26 heavy (non-hydrogen) atoms. The topological polar surface area (TPSA) is 89.8 Å². The molecule has 0 aliphatic heterocycles. The lowest BCUT2D eigenvalue weighted by Gasteiger charge is -2.21. The Kier molecular flexibility index (Phi) is 5.08. The fourth-order valence-corrected chi connectivity index (χ4v) is 2.57. The molecule has 2 aromatic heterocycles. The predicted molar refractivity (Wildman–Crippen MR) is 90.9 cm³/mol. The Morgan fingerprint density at radius 3 is 2.69 bits per heavy atom. The number of carbonyl (C=O) groups is 1. The molecule has 0 saturated carbocycles. The number of nitrogens with zero attached hydrogens (tertiary/aromatic N) is 4. The van der Waals surface area contributed by atoms with Gasteiger partial charge in [0.05, 0.1) is 23.8 Å². The molecule has 2 heterocycles. The van der Waals surface area contributed by atoms with E-state index in [-0.39, 0.29) is 31.1 Å². The third kappa shape index (κ3) is 4.48. The number of carbonyl (C=O) groups excluding carboxylic acids is 1. The van der Waals surface area contributed by atoms with Gasteiger partial charge in [-0.3, -0.25) is 9.59 Å². The normalized spacial score (nSPS) is 16.0. The van der Waals surface area contributed by atoms with Crippen LogP contribution in [0.25, 0.3) is 5.57 Å². The lowest BCUT2D eigenvalue weighted by Crippen LogP contribution is -2.30. The van der Waals surface area contributed by atoms with Gasteiger partial charge < -0.3 is 5.32 Å². The lowest BCUT2D eigenvalue weighted by atomic mass is 9.94. The zero-order valence-electron chi connectivity index (χ0n) is 13.5. The minimum atomic E-state index is -2.71. The molecule has 3 rings (SSSR count). The van der Waals surface area contributed by atoms with Crippen LogP contribution in [0.15, 0.2) is 35.4 Å². The number of alkyl halides is 2. The minimum absolute atomic E-state index is 0.0416. The molecule has 7 nitrogen and oxygen atoms in total. The smallest absolute Gasteiger partial charge is 0.267 e. The summed E-state index contributed by atoms with van der Waals surface area (Å²) in [6.07, 6.45) is 3.61. The number of allylic oxidation sites excluding steroid dienone is 2. The van der Waals surface area contributed by atoms with Crippen molar-refractivity contribution in [2.75, 3.05) is 5.32 Å². The van der Waals surface area contributed by atoms with Crippen LogP contribution < -0.4 is 10.9 Å². The van der Waals surface area contributed by atoms with E-state index >= 15 is 0 Å². The monoisotopic (exact) mass is 381 g/mol. The Bertz CT molecular complexity index is 912. The third-order valence-corrected chi connectivity index (χ3v) is 4.00. The van der Waals surface area contributed by atoms with Crippen LogP contribution in [-0.2, 0) is 11.3 Å². The van der Waals surface area contributed by atoms with Crippen molar-refractivity contribution in [2.45, 2.75) is 31.7 Å². The Morgan fingerprint density at radius 2 is 2.04 bits per heavy atom. The van der Waals surface area contributed by atoms with Crippen LogP contribution in [0, 0.1) is 0 Å². The third-order valence-electron chi connectivity index (χ3n) is 3.80. The predicted octanol–water partition coefficient (Wildman–Crippen LogP) is 2.53. The summed E-state index contributed by atoms with van der Waals surface area (Å²) in [5, 5.41) is 6.68. The maximum atomic E-state index is 13.2. The standard InChI is InChI=1S/C16H14ClF2N5O2/c17-15-20-7-11(8-21-15)22-13(25)9-24-14(26)2-1-12(23-24)10-3-5-16(18,19)6-4-10/h1-3,7-8H,4-6,9H2,(H,22,25). The molecule has 0 atom stereocenters. The Balaban J connectivity index is 1.74. The summed E-state index contributed by atoms with van der Waals surface area (Å²) in [7, 11) is 0. The highest BCUT2D eigenvalue weighted by molar-refractivity contribution is 6.28. The van der Waals surface area contributed by atoms with E-state index in [1.165, 1.54) is 30.6 Å². The number of hydrogen-bond acceptors (Lipinski definition) is 5. The molecule has 0 bridgehead atoms. The highest BCUT2D eigenvalue weighted by Gasteiger charge is 2.31. The first kappa shape index (κ1) is 18.1. The summed E-state index contributed by atoms with van der Waals surface area (Å²) in [5.41, 5.74) is 0.887. The molecule has 1 amide bonds. The van der Waals surface area contributed by atoms with Crippen LogP contribution in [0.4, 0.5) is 14.5 Å². The molecule has 1 aliphatic rings. The fourth-order valence-electron chi connectivity index (χ4n) is 2.47. The summed E-state index contributed by atoms with van der Waals surface area (Å²) < 4.78 is 27.5. The van der Waals surface area contributed by atoms with Gasteiger partial charge in [-0.1, -0.05) is 6.08 Å². The summed E-state index contributed by atoms with van der Waals surface area (Å²) >= 11 is 5.57. The quantitative estimate of drug-likeness (QED) is 0.822. The average Bonchev–Trinajstić information content (AvgIpc) is 2.59. The van der Waals surface area contributed by atoms with Gasteiger partial charge >= 0.3 is 0 Å². The molecular weight excluding hydrogens is 368 g/mol. The molecule has 1 aliphatic carbocycles. The second-order valence-electron chi connectivity index (χ2n) is 5.79. The fraction of sp³-hybridized carbons (Fsp3) is 0.312. The zero-order chi connectivity index (χ0) is 18.7. The van der Waals surface area contributed by atoms with Gasteiger partial charge in [0, 0.05) is 18.9 Å². The summed E-state index contributed by atoms with van der Waals surface area (Å²) in [4.78, 5) is 31.5. The van der Waals surface area contributed by atoms with Crippen molar-refractivity contribution in [3.05, 3.63) is 51.9 Å². The zero-order valence-corrected chi connectivity index (χ0v) is 14.2. The number of nitrogens with one attached hydrogen (secondary N) is 1. The van der Waals surface area contributed by atoms with Gasteiger partial charge in [0.25, 0.3) is 11.5 Å². The van der Waals surface area contributed by atoms with Crippen molar-refractivity contribution >= 4 is 28.8 Å². The van der Waals surface area contributed by atoms with Crippen LogP contribution in [-0.4, -0.2) is 31.6 Å². The van der Waals surface area contributed by atoms with Crippen molar-refractivity contribution in [2.24, 2.45) is 0 Å². The van der Waals surface area contributed by atoms with Gasteiger partial charge in [-0.05, 0) is 29.7 Å². The first-order valence-electron chi connectivity index (χ1n) is 7.75. The number of hydrogen-bond donors (Lipinski definition) is 1. The number of anilines is 1. The second-order valence-corrected chi connectivity index (χ2v) is 6.13. The molecular formula is C16H14ClF2N5O2. The van der Waals surface area contributed by atoms with E-state index in [0.717, 1.165) is 4.68 Å². The van der Waals surface area contributed by atoms with Gasteiger partial charge in [-0.15, -0.1) is 0 Å². The molecule has 2 aromatic rings.